The van der Waals surface area contributed by atoms with Gasteiger partial charge in [0.1, 0.15) is 11.0 Å². The molecule has 1 atom stereocenters. The lowest BCUT2D eigenvalue weighted by Crippen LogP contribution is -2.20. The van der Waals surface area contributed by atoms with Gasteiger partial charge in [0.15, 0.2) is 0 Å². The summed E-state index contributed by atoms with van der Waals surface area (Å²) in [7, 11) is 0. The SMILES string of the molecule is O=[N+]([O-])c1ccc(C2CCCCC2=NNc2cccc(Cl)n2)c([N+](=O)[O-])c1. The molecular formula is C17H16ClN5O4. The molecule has 1 saturated carbocycles. The first-order valence-electron chi connectivity index (χ1n) is 8.33. The van der Waals surface area contributed by atoms with Crippen LogP contribution in [0.2, 0.25) is 5.15 Å². The Morgan fingerprint density at radius 3 is 2.67 bits per heavy atom. The molecule has 1 aliphatic carbocycles. The predicted molar refractivity (Wildman–Crippen MR) is 101 cm³/mol. The number of halogens is 1. The Morgan fingerprint density at radius 2 is 1.96 bits per heavy atom. The number of hydrogen-bond donors (Lipinski definition) is 1. The van der Waals surface area contributed by atoms with Crippen molar-refractivity contribution in [2.75, 3.05) is 5.43 Å². The molecule has 10 heteroatoms. The molecule has 3 rings (SSSR count). The van der Waals surface area contributed by atoms with Crippen molar-refractivity contribution in [3.05, 3.63) is 67.3 Å². The molecule has 1 unspecified atom stereocenters. The lowest BCUT2D eigenvalue weighted by atomic mass is 9.81. The summed E-state index contributed by atoms with van der Waals surface area (Å²) in [6.07, 6.45) is 3.17. The minimum absolute atomic E-state index is 0.260. The maximum atomic E-state index is 11.5. The smallest absolute Gasteiger partial charge is 0.261 e. The number of hydrogen-bond acceptors (Lipinski definition) is 7. The van der Waals surface area contributed by atoms with E-state index in [1.807, 2.05) is 0 Å². The zero-order chi connectivity index (χ0) is 19.4. The number of benzene rings is 1. The first kappa shape index (κ1) is 18.7. The van der Waals surface area contributed by atoms with Crippen molar-refractivity contribution in [1.82, 2.24) is 4.98 Å². The average molecular weight is 390 g/mol. The maximum Gasteiger partial charge on any atom is 0.280 e. The minimum Gasteiger partial charge on any atom is -0.261 e. The molecule has 0 spiro atoms. The molecule has 9 nitrogen and oxygen atoms in total. The molecule has 2 aromatic rings. The summed E-state index contributed by atoms with van der Waals surface area (Å²) in [6, 6.07) is 8.84. The van der Waals surface area contributed by atoms with Crippen molar-refractivity contribution in [3.63, 3.8) is 0 Å². The van der Waals surface area contributed by atoms with Crippen LogP contribution in [0.1, 0.15) is 37.2 Å². The van der Waals surface area contributed by atoms with E-state index in [9.17, 15) is 20.2 Å². The van der Waals surface area contributed by atoms with Crippen LogP contribution >= 0.6 is 11.6 Å². The summed E-state index contributed by atoms with van der Waals surface area (Å²) in [6.45, 7) is 0. The molecular weight excluding hydrogens is 374 g/mol. The number of non-ortho nitro benzene ring substituents is 1. The monoisotopic (exact) mass is 389 g/mol. The van der Waals surface area contributed by atoms with Crippen LogP contribution in [0, 0.1) is 20.2 Å². The van der Waals surface area contributed by atoms with Crippen molar-refractivity contribution in [3.8, 4) is 0 Å². The normalized spacial score (nSPS) is 18.3. The average Bonchev–Trinajstić information content (AvgIpc) is 2.66. The molecule has 1 aliphatic rings. The summed E-state index contributed by atoms with van der Waals surface area (Å²) in [4.78, 5) is 25.3. The molecule has 0 bridgehead atoms. The van der Waals surface area contributed by atoms with Crippen LogP contribution in [-0.2, 0) is 0 Å². The summed E-state index contributed by atoms with van der Waals surface area (Å²) in [5.74, 6) is 0.184. The Labute approximate surface area is 159 Å². The van der Waals surface area contributed by atoms with Gasteiger partial charge in [0.2, 0.25) is 0 Å². The van der Waals surface area contributed by atoms with Gasteiger partial charge in [0, 0.05) is 23.3 Å². The number of nitro groups is 2. The number of rotatable bonds is 5. The Hall–Kier alpha value is -3.07. The molecule has 0 aliphatic heterocycles. The molecule has 1 heterocycles. The summed E-state index contributed by atoms with van der Waals surface area (Å²) in [5, 5.41) is 27.1. The second-order valence-corrected chi connectivity index (χ2v) is 6.50. The maximum absolute atomic E-state index is 11.5. The molecule has 0 radical (unpaired) electrons. The molecule has 0 saturated heterocycles. The number of aromatic nitrogens is 1. The Morgan fingerprint density at radius 1 is 1.15 bits per heavy atom. The third-order valence-corrected chi connectivity index (χ3v) is 4.61. The Balaban J connectivity index is 1.94. The predicted octanol–water partition coefficient (Wildman–Crippen LogP) is 4.68. The quantitative estimate of drug-likeness (QED) is 0.450. The minimum atomic E-state index is -0.640. The van der Waals surface area contributed by atoms with E-state index in [-0.39, 0.29) is 17.3 Å². The zero-order valence-corrected chi connectivity index (χ0v) is 14.9. The number of anilines is 1. The summed E-state index contributed by atoms with van der Waals surface area (Å²) < 4.78 is 0. The number of pyridine rings is 1. The number of nitrogens with one attached hydrogen (secondary N) is 1. The van der Waals surface area contributed by atoms with Gasteiger partial charge in [0.05, 0.1) is 15.9 Å². The number of nitrogens with zero attached hydrogens (tertiary/aromatic N) is 4. The summed E-state index contributed by atoms with van der Waals surface area (Å²) >= 11 is 5.86. The molecule has 1 N–H and O–H groups in total. The fraction of sp³-hybridized carbons (Fsp3) is 0.294. The fourth-order valence-corrected chi connectivity index (χ4v) is 3.33. The fourth-order valence-electron chi connectivity index (χ4n) is 3.16. The van der Waals surface area contributed by atoms with E-state index in [0.29, 0.717) is 29.4 Å². The highest BCUT2D eigenvalue weighted by Gasteiger charge is 2.30. The van der Waals surface area contributed by atoms with Crippen molar-refractivity contribution >= 4 is 34.5 Å². The largest absolute Gasteiger partial charge is 0.280 e. The second-order valence-electron chi connectivity index (χ2n) is 6.12. The van der Waals surface area contributed by atoms with Gasteiger partial charge in [-0.25, -0.2) is 4.98 Å². The van der Waals surface area contributed by atoms with E-state index < -0.39 is 9.85 Å². The van der Waals surface area contributed by atoms with E-state index in [1.165, 1.54) is 12.1 Å². The lowest BCUT2D eigenvalue weighted by Gasteiger charge is -2.24. The van der Waals surface area contributed by atoms with Crippen LogP contribution in [-0.4, -0.2) is 20.5 Å². The molecule has 0 amide bonds. The van der Waals surface area contributed by atoms with Gasteiger partial charge in [0.25, 0.3) is 11.4 Å². The highest BCUT2D eigenvalue weighted by molar-refractivity contribution is 6.29. The van der Waals surface area contributed by atoms with Crippen molar-refractivity contribution in [1.29, 1.82) is 0 Å². The van der Waals surface area contributed by atoms with E-state index >= 15 is 0 Å². The molecule has 1 aromatic heterocycles. The molecule has 1 aromatic carbocycles. The van der Waals surface area contributed by atoms with Gasteiger partial charge >= 0.3 is 0 Å². The van der Waals surface area contributed by atoms with Gasteiger partial charge in [-0.1, -0.05) is 24.1 Å². The van der Waals surface area contributed by atoms with Crippen molar-refractivity contribution < 1.29 is 9.85 Å². The Kier molecular flexibility index (Phi) is 5.60. The third kappa shape index (κ3) is 4.37. The first-order chi connectivity index (χ1) is 13.0. The van der Waals surface area contributed by atoms with Crippen molar-refractivity contribution in [2.24, 2.45) is 5.10 Å². The zero-order valence-electron chi connectivity index (χ0n) is 14.2. The third-order valence-electron chi connectivity index (χ3n) is 4.40. The highest BCUT2D eigenvalue weighted by atomic mass is 35.5. The topological polar surface area (TPSA) is 124 Å². The van der Waals surface area contributed by atoms with Crippen LogP contribution < -0.4 is 5.43 Å². The van der Waals surface area contributed by atoms with E-state index in [2.05, 4.69) is 15.5 Å². The number of nitro benzene ring substituents is 2. The first-order valence-corrected chi connectivity index (χ1v) is 8.71. The Bertz CT molecular complexity index is 918. The van der Waals surface area contributed by atoms with Crippen LogP contribution in [0.3, 0.4) is 0 Å². The standard InChI is InChI=1S/C17H16ClN5O4/c18-16-6-3-7-17(19-16)21-20-14-5-2-1-4-12(14)13-9-8-11(22(24)25)10-15(13)23(26)27/h3,6-10,12H,1-2,4-5H2,(H,19,21). The van der Waals surface area contributed by atoms with Gasteiger partial charge in [-0.05, 0) is 37.5 Å². The van der Waals surface area contributed by atoms with Crippen LogP contribution in [0.5, 0.6) is 0 Å². The highest BCUT2D eigenvalue weighted by Crippen LogP contribution is 2.37. The molecule has 140 valence electrons. The van der Waals surface area contributed by atoms with E-state index in [4.69, 9.17) is 11.6 Å². The lowest BCUT2D eigenvalue weighted by molar-refractivity contribution is -0.394. The van der Waals surface area contributed by atoms with Gasteiger partial charge in [-0.3, -0.25) is 25.7 Å². The van der Waals surface area contributed by atoms with Gasteiger partial charge in [-0.15, -0.1) is 0 Å². The van der Waals surface area contributed by atoms with Gasteiger partial charge < -0.3 is 0 Å². The van der Waals surface area contributed by atoms with Gasteiger partial charge in [-0.2, -0.15) is 5.10 Å². The molecule has 27 heavy (non-hydrogen) atoms. The van der Waals surface area contributed by atoms with Crippen LogP contribution in [0.15, 0.2) is 41.5 Å². The van der Waals surface area contributed by atoms with Crippen molar-refractivity contribution in [2.45, 2.75) is 31.6 Å². The summed E-state index contributed by atoms with van der Waals surface area (Å²) in [5.41, 5.74) is 3.47. The number of hydrazone groups is 1. The van der Waals surface area contributed by atoms with E-state index in [0.717, 1.165) is 24.6 Å². The van der Waals surface area contributed by atoms with Crippen LogP contribution in [0.4, 0.5) is 17.2 Å². The molecule has 1 fully saturated rings. The second kappa shape index (κ2) is 8.09. The van der Waals surface area contributed by atoms with E-state index in [1.54, 1.807) is 18.2 Å². The van der Waals surface area contributed by atoms with Crippen LogP contribution in [0.25, 0.3) is 0 Å².